The predicted molar refractivity (Wildman–Crippen MR) is 70.2 cm³/mol. The molecule has 8 nitrogen and oxygen atoms in total. The Balaban J connectivity index is 2.14. The smallest absolute Gasteiger partial charge is 0.337 e. The normalized spacial score (nSPS) is 10.2. The minimum atomic E-state index is -1.33. The van der Waals surface area contributed by atoms with Gasteiger partial charge in [0.25, 0.3) is 0 Å². The van der Waals surface area contributed by atoms with Crippen LogP contribution in [-0.4, -0.2) is 44.2 Å². The number of nitrogens with zero attached hydrogens (tertiary/aromatic N) is 3. The van der Waals surface area contributed by atoms with Crippen LogP contribution in [0.2, 0.25) is 0 Å². The first-order valence-electron chi connectivity index (χ1n) is 5.87. The molecule has 0 aliphatic heterocycles. The number of urea groups is 1. The van der Waals surface area contributed by atoms with Crippen LogP contribution >= 0.6 is 0 Å². The van der Waals surface area contributed by atoms with Gasteiger partial charge in [-0.15, -0.1) is 0 Å². The van der Waals surface area contributed by atoms with Gasteiger partial charge in [0.15, 0.2) is 0 Å². The summed E-state index contributed by atoms with van der Waals surface area (Å²) in [5, 5.41) is 17.5. The van der Waals surface area contributed by atoms with Crippen molar-refractivity contribution in [3.8, 4) is 0 Å². The summed E-state index contributed by atoms with van der Waals surface area (Å²) in [4.78, 5) is 28.0. The van der Waals surface area contributed by atoms with Crippen molar-refractivity contribution < 1.29 is 19.1 Å². The van der Waals surface area contributed by atoms with Crippen molar-refractivity contribution in [1.29, 1.82) is 0 Å². The lowest BCUT2D eigenvalue weighted by atomic mass is 10.1. The lowest BCUT2D eigenvalue weighted by Crippen LogP contribution is -2.32. The van der Waals surface area contributed by atoms with Gasteiger partial charge in [-0.2, -0.15) is 5.10 Å². The molecule has 1 aromatic carbocycles. The minimum absolute atomic E-state index is 0.114. The fraction of sp³-hybridized carbons (Fsp3) is 0.167. The summed E-state index contributed by atoms with van der Waals surface area (Å²) in [5.41, 5.74) is -0.698. The number of hydrogen-bond donors (Lipinski definition) is 3. The Morgan fingerprint density at radius 1 is 1.48 bits per heavy atom. The predicted octanol–water partition coefficient (Wildman–Crippen LogP) is 1.31. The number of carbonyl (C=O) groups excluding carboxylic acids is 1. The van der Waals surface area contributed by atoms with E-state index in [-0.39, 0.29) is 17.8 Å². The second-order valence-electron chi connectivity index (χ2n) is 4.19. The van der Waals surface area contributed by atoms with Crippen LogP contribution in [0.25, 0.3) is 0 Å². The van der Waals surface area contributed by atoms with Gasteiger partial charge < -0.3 is 15.3 Å². The van der Waals surface area contributed by atoms with Crippen LogP contribution in [0.5, 0.6) is 0 Å². The minimum Gasteiger partial charge on any atom is -0.478 e. The number of H-pyrrole nitrogens is 1. The third-order valence-corrected chi connectivity index (χ3v) is 2.67. The Labute approximate surface area is 118 Å². The first-order valence-corrected chi connectivity index (χ1v) is 5.87. The lowest BCUT2D eigenvalue weighted by molar-refractivity contribution is 0.0697. The van der Waals surface area contributed by atoms with Crippen molar-refractivity contribution >= 4 is 17.7 Å². The SMILES string of the molecule is CN(Cc1ncn[nH]1)C(=O)Nc1c(F)cccc1C(=O)O. The monoisotopic (exact) mass is 293 g/mol. The van der Waals surface area contributed by atoms with Gasteiger partial charge >= 0.3 is 12.0 Å². The number of aromatic amines is 1. The van der Waals surface area contributed by atoms with Gasteiger partial charge in [0.05, 0.1) is 17.8 Å². The molecule has 0 aliphatic rings. The third kappa shape index (κ3) is 3.32. The molecule has 0 atom stereocenters. The molecule has 0 bridgehead atoms. The number of aromatic carboxylic acids is 1. The molecular formula is C12H12FN5O3. The van der Waals surface area contributed by atoms with E-state index in [2.05, 4.69) is 20.5 Å². The summed E-state index contributed by atoms with van der Waals surface area (Å²) >= 11 is 0. The Morgan fingerprint density at radius 3 is 2.86 bits per heavy atom. The molecule has 0 radical (unpaired) electrons. The molecule has 3 N–H and O–H groups in total. The van der Waals surface area contributed by atoms with E-state index >= 15 is 0 Å². The van der Waals surface area contributed by atoms with E-state index in [0.717, 1.165) is 6.07 Å². The largest absolute Gasteiger partial charge is 0.478 e. The Bertz CT molecular complexity index is 659. The van der Waals surface area contributed by atoms with Crippen LogP contribution in [0.3, 0.4) is 0 Å². The van der Waals surface area contributed by atoms with Gasteiger partial charge in [0.2, 0.25) is 0 Å². The number of para-hydroxylation sites is 1. The number of rotatable bonds is 4. The van der Waals surface area contributed by atoms with Gasteiger partial charge in [-0.25, -0.2) is 19.0 Å². The number of carboxylic acid groups (broad SMARTS) is 1. The number of nitrogens with one attached hydrogen (secondary N) is 2. The number of hydrogen-bond acceptors (Lipinski definition) is 4. The van der Waals surface area contributed by atoms with E-state index in [9.17, 15) is 14.0 Å². The molecule has 110 valence electrons. The number of benzene rings is 1. The molecule has 2 aromatic rings. The van der Waals surface area contributed by atoms with E-state index in [1.54, 1.807) is 0 Å². The fourth-order valence-electron chi connectivity index (χ4n) is 1.64. The first-order chi connectivity index (χ1) is 9.99. The summed E-state index contributed by atoms with van der Waals surface area (Å²) in [6, 6.07) is 2.86. The number of anilines is 1. The zero-order valence-electron chi connectivity index (χ0n) is 11.0. The maximum Gasteiger partial charge on any atom is 0.337 e. The van der Waals surface area contributed by atoms with E-state index in [1.807, 2.05) is 0 Å². The van der Waals surface area contributed by atoms with Crippen molar-refractivity contribution in [1.82, 2.24) is 20.1 Å². The number of carboxylic acids is 1. The van der Waals surface area contributed by atoms with Gasteiger partial charge in [-0.3, -0.25) is 5.10 Å². The van der Waals surface area contributed by atoms with Crippen molar-refractivity contribution in [3.63, 3.8) is 0 Å². The third-order valence-electron chi connectivity index (χ3n) is 2.67. The van der Waals surface area contributed by atoms with Gasteiger partial charge in [0.1, 0.15) is 18.0 Å². The van der Waals surface area contributed by atoms with Crippen LogP contribution in [0, 0.1) is 5.82 Å². The number of aromatic nitrogens is 3. The quantitative estimate of drug-likeness (QED) is 0.787. The van der Waals surface area contributed by atoms with Crippen molar-refractivity contribution in [2.24, 2.45) is 0 Å². The number of amides is 2. The molecule has 0 unspecified atom stereocenters. The van der Waals surface area contributed by atoms with Crippen molar-refractivity contribution in [2.75, 3.05) is 12.4 Å². The molecule has 2 rings (SSSR count). The van der Waals surface area contributed by atoms with Gasteiger partial charge in [-0.05, 0) is 12.1 Å². The number of halogens is 1. The molecular weight excluding hydrogens is 281 g/mol. The van der Waals surface area contributed by atoms with Crippen molar-refractivity contribution in [3.05, 3.63) is 41.7 Å². The molecule has 1 aromatic heterocycles. The topological polar surface area (TPSA) is 111 Å². The molecule has 9 heteroatoms. The highest BCUT2D eigenvalue weighted by Gasteiger charge is 2.18. The second-order valence-corrected chi connectivity index (χ2v) is 4.19. The molecule has 1 heterocycles. The van der Waals surface area contributed by atoms with Crippen LogP contribution in [0.1, 0.15) is 16.2 Å². The molecule has 0 saturated heterocycles. The summed E-state index contributed by atoms with van der Waals surface area (Å²) in [6.07, 6.45) is 1.29. The molecule has 0 aliphatic carbocycles. The summed E-state index contributed by atoms with van der Waals surface area (Å²) < 4.78 is 13.7. The van der Waals surface area contributed by atoms with Crippen LogP contribution in [0.4, 0.5) is 14.9 Å². The lowest BCUT2D eigenvalue weighted by Gasteiger charge is -2.17. The highest BCUT2D eigenvalue weighted by molar-refractivity contribution is 6.00. The average molecular weight is 293 g/mol. The Kier molecular flexibility index (Phi) is 4.12. The fourth-order valence-corrected chi connectivity index (χ4v) is 1.64. The number of carbonyl (C=O) groups is 2. The highest BCUT2D eigenvalue weighted by atomic mass is 19.1. The maximum atomic E-state index is 13.7. The molecule has 0 saturated carbocycles. The average Bonchev–Trinajstić information content (AvgIpc) is 2.93. The molecule has 0 fully saturated rings. The van der Waals surface area contributed by atoms with E-state index in [1.165, 1.54) is 30.4 Å². The Hall–Kier alpha value is -2.97. The van der Waals surface area contributed by atoms with E-state index in [0.29, 0.717) is 5.82 Å². The molecule has 21 heavy (non-hydrogen) atoms. The van der Waals surface area contributed by atoms with Crippen LogP contribution < -0.4 is 5.32 Å². The zero-order chi connectivity index (χ0) is 15.4. The van der Waals surface area contributed by atoms with E-state index < -0.39 is 17.8 Å². The van der Waals surface area contributed by atoms with Crippen LogP contribution in [-0.2, 0) is 6.54 Å². The summed E-state index contributed by atoms with van der Waals surface area (Å²) in [7, 11) is 1.46. The first kappa shape index (κ1) is 14.4. The Morgan fingerprint density at radius 2 is 2.24 bits per heavy atom. The highest BCUT2D eigenvalue weighted by Crippen LogP contribution is 2.20. The van der Waals surface area contributed by atoms with Crippen LogP contribution in [0.15, 0.2) is 24.5 Å². The maximum absolute atomic E-state index is 13.7. The van der Waals surface area contributed by atoms with Crippen molar-refractivity contribution in [2.45, 2.75) is 6.54 Å². The summed E-state index contributed by atoms with van der Waals surface area (Å²) in [5.74, 6) is -1.71. The van der Waals surface area contributed by atoms with E-state index in [4.69, 9.17) is 5.11 Å². The van der Waals surface area contributed by atoms with Gasteiger partial charge in [-0.1, -0.05) is 6.07 Å². The summed E-state index contributed by atoms with van der Waals surface area (Å²) in [6.45, 7) is 0.114. The standard InChI is InChI=1S/C12H12FN5O3/c1-18(5-9-14-6-15-17-9)12(21)16-10-7(11(19)20)3-2-4-8(10)13/h2-4,6H,5H2,1H3,(H,16,21)(H,19,20)(H,14,15,17). The molecule has 2 amide bonds. The second kappa shape index (κ2) is 5.99. The van der Waals surface area contributed by atoms with Gasteiger partial charge in [0, 0.05) is 7.05 Å². The zero-order valence-corrected chi connectivity index (χ0v) is 11.0. The molecule has 0 spiro atoms.